The summed E-state index contributed by atoms with van der Waals surface area (Å²) in [6.45, 7) is 1.70. The number of rotatable bonds is 5. The predicted molar refractivity (Wildman–Crippen MR) is 114 cm³/mol. The van der Waals surface area contributed by atoms with E-state index in [1.807, 2.05) is 0 Å². The lowest BCUT2D eigenvalue weighted by Gasteiger charge is -2.14. The van der Waals surface area contributed by atoms with Crippen LogP contribution >= 0.6 is 11.8 Å². The van der Waals surface area contributed by atoms with Crippen molar-refractivity contribution in [2.45, 2.75) is 24.8 Å². The number of carbonyl (C=O) groups is 2. The van der Waals surface area contributed by atoms with Gasteiger partial charge >= 0.3 is 6.18 Å². The standard InChI is InChI=1S/C20H17F3N4O4S/c1-11-7-8-12(27(30)31)9-15(11)25-19-26(2)18(29)16(32-19)10-17(28)24-14-6-4-3-5-13(14)20(21,22)23/h3-9,16H,10H2,1-2H3,(H,24,28)/t16-/m0/s1. The van der Waals surface area contributed by atoms with Gasteiger partial charge in [0.05, 0.1) is 21.9 Å². The zero-order valence-electron chi connectivity index (χ0n) is 16.8. The molecule has 1 heterocycles. The highest BCUT2D eigenvalue weighted by Gasteiger charge is 2.38. The summed E-state index contributed by atoms with van der Waals surface area (Å²) in [7, 11) is 1.44. The molecule has 168 valence electrons. The minimum absolute atomic E-state index is 0.161. The first-order chi connectivity index (χ1) is 15.0. The predicted octanol–water partition coefficient (Wildman–Crippen LogP) is 4.51. The molecule has 0 radical (unpaired) electrons. The van der Waals surface area contributed by atoms with Crippen molar-refractivity contribution in [1.82, 2.24) is 4.90 Å². The molecule has 12 heteroatoms. The van der Waals surface area contributed by atoms with Crippen molar-refractivity contribution < 1.29 is 27.7 Å². The van der Waals surface area contributed by atoms with Crippen molar-refractivity contribution in [2.24, 2.45) is 4.99 Å². The second kappa shape index (κ2) is 8.99. The Kier molecular flexibility index (Phi) is 6.53. The van der Waals surface area contributed by atoms with Gasteiger partial charge in [-0.3, -0.25) is 24.6 Å². The highest BCUT2D eigenvalue weighted by molar-refractivity contribution is 8.15. The molecular weight excluding hydrogens is 449 g/mol. The average molecular weight is 466 g/mol. The van der Waals surface area contributed by atoms with Crippen LogP contribution in [0, 0.1) is 17.0 Å². The lowest BCUT2D eigenvalue weighted by Crippen LogP contribution is -2.30. The zero-order chi connectivity index (χ0) is 23.6. The number of thioether (sulfide) groups is 1. The van der Waals surface area contributed by atoms with E-state index >= 15 is 0 Å². The Morgan fingerprint density at radius 1 is 1.28 bits per heavy atom. The van der Waals surface area contributed by atoms with Gasteiger partial charge in [-0.05, 0) is 24.6 Å². The maximum absolute atomic E-state index is 13.1. The van der Waals surface area contributed by atoms with E-state index in [0.29, 0.717) is 11.3 Å². The summed E-state index contributed by atoms with van der Waals surface area (Å²) in [5, 5.41) is 12.6. The van der Waals surface area contributed by atoms with Gasteiger partial charge < -0.3 is 5.32 Å². The topological polar surface area (TPSA) is 105 Å². The minimum atomic E-state index is -4.64. The Labute approximate surface area is 184 Å². The molecule has 1 N–H and O–H groups in total. The quantitative estimate of drug-likeness (QED) is 0.516. The summed E-state index contributed by atoms with van der Waals surface area (Å²) < 4.78 is 39.3. The third-order valence-electron chi connectivity index (χ3n) is 4.64. The number of para-hydroxylation sites is 1. The minimum Gasteiger partial charge on any atom is -0.325 e. The van der Waals surface area contributed by atoms with E-state index in [2.05, 4.69) is 10.3 Å². The monoisotopic (exact) mass is 466 g/mol. The van der Waals surface area contributed by atoms with Crippen LogP contribution in [0.15, 0.2) is 47.5 Å². The molecule has 0 aliphatic carbocycles. The highest BCUT2D eigenvalue weighted by Crippen LogP contribution is 2.36. The Morgan fingerprint density at radius 2 is 1.97 bits per heavy atom. The van der Waals surface area contributed by atoms with Crippen LogP contribution in [0.4, 0.5) is 30.2 Å². The van der Waals surface area contributed by atoms with Crippen molar-refractivity contribution in [1.29, 1.82) is 0 Å². The first kappa shape index (κ1) is 23.3. The summed E-state index contributed by atoms with van der Waals surface area (Å²) >= 11 is 0.967. The number of hydrogen-bond donors (Lipinski definition) is 1. The Balaban J connectivity index is 1.76. The molecule has 2 aromatic carbocycles. The number of alkyl halides is 3. The van der Waals surface area contributed by atoms with Gasteiger partial charge in [-0.2, -0.15) is 13.2 Å². The van der Waals surface area contributed by atoms with Gasteiger partial charge in [0.15, 0.2) is 5.17 Å². The molecule has 2 amide bonds. The molecule has 1 atom stereocenters. The normalized spacial score (nSPS) is 17.7. The van der Waals surface area contributed by atoms with Crippen molar-refractivity contribution in [2.75, 3.05) is 12.4 Å². The van der Waals surface area contributed by atoms with Crippen LogP contribution in [0.25, 0.3) is 0 Å². The number of benzene rings is 2. The molecule has 1 aliphatic rings. The van der Waals surface area contributed by atoms with E-state index < -0.39 is 39.4 Å². The van der Waals surface area contributed by atoms with Gasteiger partial charge in [0.2, 0.25) is 11.8 Å². The van der Waals surface area contributed by atoms with Gasteiger partial charge in [0, 0.05) is 25.6 Å². The molecule has 0 saturated carbocycles. The van der Waals surface area contributed by atoms with E-state index in [-0.39, 0.29) is 17.3 Å². The molecule has 3 rings (SSSR count). The lowest BCUT2D eigenvalue weighted by molar-refractivity contribution is -0.384. The number of nitro groups is 1. The number of aryl methyl sites for hydroxylation is 1. The SMILES string of the molecule is Cc1ccc([N+](=O)[O-])cc1N=C1S[C@@H](CC(=O)Nc2ccccc2C(F)(F)F)C(=O)N1C. The number of nitrogens with one attached hydrogen (secondary N) is 1. The van der Waals surface area contributed by atoms with E-state index in [4.69, 9.17) is 0 Å². The number of hydrogen-bond acceptors (Lipinski definition) is 6. The molecule has 2 aromatic rings. The summed E-state index contributed by atoms with van der Waals surface area (Å²) in [5.41, 5.74) is -0.597. The first-order valence-corrected chi connectivity index (χ1v) is 10.1. The van der Waals surface area contributed by atoms with Crippen LogP contribution in [0.2, 0.25) is 0 Å². The second-order valence-electron chi connectivity index (χ2n) is 6.92. The third-order valence-corrected chi connectivity index (χ3v) is 5.87. The van der Waals surface area contributed by atoms with Crippen molar-refractivity contribution in [3.8, 4) is 0 Å². The molecule has 0 aromatic heterocycles. The fourth-order valence-corrected chi connectivity index (χ4v) is 4.09. The van der Waals surface area contributed by atoms with Crippen LogP contribution in [0.1, 0.15) is 17.5 Å². The summed E-state index contributed by atoms with van der Waals surface area (Å²) in [6, 6.07) is 8.70. The molecule has 32 heavy (non-hydrogen) atoms. The van der Waals surface area contributed by atoms with E-state index in [9.17, 15) is 32.9 Å². The Hall–Kier alpha value is -3.41. The van der Waals surface area contributed by atoms with Gasteiger partial charge in [-0.1, -0.05) is 30.0 Å². The summed E-state index contributed by atoms with van der Waals surface area (Å²) in [4.78, 5) is 40.9. The Morgan fingerprint density at radius 3 is 2.62 bits per heavy atom. The molecule has 1 aliphatic heterocycles. The molecule has 8 nitrogen and oxygen atoms in total. The van der Waals surface area contributed by atoms with Crippen molar-refractivity contribution in [3.05, 3.63) is 63.7 Å². The number of non-ortho nitro benzene ring substituents is 1. The molecule has 0 bridgehead atoms. The smallest absolute Gasteiger partial charge is 0.325 e. The number of carbonyl (C=O) groups excluding carboxylic acids is 2. The van der Waals surface area contributed by atoms with Gasteiger partial charge in [-0.25, -0.2) is 4.99 Å². The maximum Gasteiger partial charge on any atom is 0.418 e. The van der Waals surface area contributed by atoms with Crippen molar-refractivity contribution in [3.63, 3.8) is 0 Å². The average Bonchev–Trinajstić information content (AvgIpc) is 2.96. The Bertz CT molecular complexity index is 1120. The van der Waals surface area contributed by atoms with Crippen LogP contribution < -0.4 is 5.32 Å². The number of amides is 2. The van der Waals surface area contributed by atoms with Crippen LogP contribution in [-0.2, 0) is 15.8 Å². The van der Waals surface area contributed by atoms with Gasteiger partial charge in [-0.15, -0.1) is 0 Å². The number of anilines is 1. The summed E-state index contributed by atoms with van der Waals surface area (Å²) in [6.07, 6.45) is -5.01. The highest BCUT2D eigenvalue weighted by atomic mass is 32.2. The molecule has 1 saturated heterocycles. The number of nitro benzene ring substituents is 1. The zero-order valence-corrected chi connectivity index (χ0v) is 17.7. The van der Waals surface area contributed by atoms with E-state index in [1.165, 1.54) is 42.3 Å². The van der Waals surface area contributed by atoms with Gasteiger partial charge in [0.25, 0.3) is 5.69 Å². The number of nitrogens with zero attached hydrogens (tertiary/aromatic N) is 3. The molecule has 0 unspecified atom stereocenters. The van der Waals surface area contributed by atoms with Crippen LogP contribution in [0.3, 0.4) is 0 Å². The second-order valence-corrected chi connectivity index (χ2v) is 8.09. The van der Waals surface area contributed by atoms with Crippen LogP contribution in [0.5, 0.6) is 0 Å². The van der Waals surface area contributed by atoms with Crippen LogP contribution in [-0.4, -0.2) is 39.1 Å². The van der Waals surface area contributed by atoms with Gasteiger partial charge in [0.1, 0.15) is 5.25 Å². The largest absolute Gasteiger partial charge is 0.418 e. The van der Waals surface area contributed by atoms with Crippen molar-refractivity contribution >= 4 is 45.8 Å². The summed E-state index contributed by atoms with van der Waals surface area (Å²) in [5.74, 6) is -1.20. The molecular formula is C20H17F3N4O4S. The number of aliphatic imine (C=N–C) groups is 1. The molecule has 0 spiro atoms. The first-order valence-electron chi connectivity index (χ1n) is 9.21. The maximum atomic E-state index is 13.1. The number of halogens is 3. The molecule has 1 fully saturated rings. The fraction of sp³-hybridized carbons (Fsp3) is 0.250. The number of amidine groups is 1. The van der Waals surface area contributed by atoms with E-state index in [0.717, 1.165) is 23.9 Å². The lowest BCUT2D eigenvalue weighted by atomic mass is 10.1. The fourth-order valence-electron chi connectivity index (χ4n) is 2.94. The third kappa shape index (κ3) is 5.07. The van der Waals surface area contributed by atoms with E-state index in [1.54, 1.807) is 6.92 Å².